The Balaban J connectivity index is 0.000000151. The maximum Gasteiger partial charge on any atom is 2.00 e. The van der Waals surface area contributed by atoms with E-state index in [1.807, 2.05) is 179 Å². The molecule has 147 heavy (non-hydrogen) atoms. The van der Waals surface area contributed by atoms with Crippen LogP contribution in [-0.2, 0) is 84.3 Å². The number of benzene rings is 14. The summed E-state index contributed by atoms with van der Waals surface area (Å²) in [4.78, 5) is 34.7. The molecule has 0 bridgehead atoms. The van der Waals surface area contributed by atoms with Gasteiger partial charge in [-0.1, -0.05) is 219 Å². The summed E-state index contributed by atoms with van der Waals surface area (Å²) in [5, 5.41) is 59.7. The number of aromatic nitrogens is 12. The molecule has 0 fully saturated rings. The van der Waals surface area contributed by atoms with Crippen LogP contribution in [0.4, 0.5) is 68.2 Å². The molecular formula is C119H112N20O4Pt4. The van der Waals surface area contributed by atoms with Gasteiger partial charge in [0.2, 0.25) is 0 Å². The predicted molar refractivity (Wildman–Crippen MR) is 572 cm³/mol. The molecule has 4 aliphatic rings. The molecular weight excluding hydrogens is 2550 g/mol. The summed E-state index contributed by atoms with van der Waals surface area (Å²) in [6, 6.07) is 110. The average molecular weight is 2670 g/mol. The molecule has 4 aromatic heterocycles. The number of para-hydroxylation sites is 14. The van der Waals surface area contributed by atoms with Crippen molar-refractivity contribution < 1.29 is 109 Å². The van der Waals surface area contributed by atoms with E-state index in [0.717, 1.165) is 62.2 Å². The van der Waals surface area contributed by atoms with Crippen LogP contribution in [0.15, 0.2) is 310 Å². The van der Waals surface area contributed by atoms with Crippen molar-refractivity contribution in [2.75, 3.05) is 48.3 Å². The molecule has 0 aliphatic carbocycles. The van der Waals surface area contributed by atoms with Crippen LogP contribution in [0.5, 0.6) is 23.0 Å². The fourth-order valence-electron chi connectivity index (χ4n) is 18.1. The van der Waals surface area contributed by atoms with Crippen molar-refractivity contribution in [3.8, 4) is 102 Å². The van der Waals surface area contributed by atoms with Gasteiger partial charge in [-0.05, 0) is 220 Å². The number of hydrogen-bond acceptors (Lipinski definition) is 20. The van der Waals surface area contributed by atoms with Crippen LogP contribution in [0.3, 0.4) is 0 Å². The van der Waals surface area contributed by atoms with Gasteiger partial charge in [-0.15, -0.1) is 133 Å². The molecule has 24 nitrogen and oxygen atoms in total. The molecule has 0 amide bonds. The van der Waals surface area contributed by atoms with Crippen molar-refractivity contribution in [3.05, 3.63) is 412 Å². The van der Waals surface area contributed by atoms with E-state index >= 15 is 0 Å². The molecule has 4 N–H and O–H groups in total. The normalized spacial score (nSPS) is 13.1. The first-order valence-electron chi connectivity index (χ1n) is 49.4. The summed E-state index contributed by atoms with van der Waals surface area (Å²) in [5.41, 5.74) is 26.2. The van der Waals surface area contributed by atoms with Crippen LogP contribution in [0.25, 0.3) is 79.4 Å². The number of rotatable bonds is 20. The van der Waals surface area contributed by atoms with Gasteiger partial charge in [-0.2, -0.15) is 33.7 Å². The van der Waals surface area contributed by atoms with E-state index in [1.54, 1.807) is 97.0 Å². The Bertz CT molecular complexity index is 7820. The van der Waals surface area contributed by atoms with Crippen molar-refractivity contribution in [2.24, 2.45) is 0 Å². The Hall–Kier alpha value is -14.3. The number of aryl methyl sites for hydroxylation is 4. The van der Waals surface area contributed by atoms with Gasteiger partial charge in [-0.3, -0.25) is 19.9 Å². The van der Waals surface area contributed by atoms with Crippen LogP contribution in [0.2, 0.25) is 0 Å². The van der Waals surface area contributed by atoms with Gasteiger partial charge < -0.3 is 59.6 Å². The van der Waals surface area contributed by atoms with Crippen LogP contribution >= 0.6 is 0 Å². The number of nitrogens with zero attached hydrogens (tertiary/aromatic N) is 20. The minimum absolute atomic E-state index is 0. The Kier molecular flexibility index (Phi) is 32.3. The zero-order valence-electron chi connectivity index (χ0n) is 86.6. The summed E-state index contributed by atoms with van der Waals surface area (Å²) >= 11 is 0. The smallest absolute Gasteiger partial charge is 0.510 e. The second-order valence-electron chi connectivity index (χ2n) is 37.0. The molecule has 0 atom stereocenters. The molecule has 22 rings (SSSR count). The molecule has 4 aliphatic heterocycles. The molecule has 18 aromatic rings. The van der Waals surface area contributed by atoms with E-state index < -0.39 is 6.98 Å². The van der Waals surface area contributed by atoms with Gasteiger partial charge in [0.15, 0.2) is 0 Å². The van der Waals surface area contributed by atoms with Gasteiger partial charge in [0.05, 0.1) is 23.3 Å². The number of phenolic OH excluding ortho intramolecular Hbond substituents is 4. The zero-order chi connectivity index (χ0) is 102. The molecule has 0 unspecified atom stereocenters. The van der Waals surface area contributed by atoms with E-state index in [0.29, 0.717) is 116 Å². The molecule has 752 valence electrons. The number of fused-ring (bicyclic) bond motifs is 3. The molecule has 0 spiro atoms. The summed E-state index contributed by atoms with van der Waals surface area (Å²) in [6.07, 6.45) is 3.94. The molecule has 0 saturated heterocycles. The van der Waals surface area contributed by atoms with Gasteiger partial charge in [0.25, 0.3) is 0 Å². The first-order chi connectivity index (χ1) is 70.4. The van der Waals surface area contributed by atoms with Crippen molar-refractivity contribution in [1.29, 1.82) is 0 Å². The number of aromatic hydroxyl groups is 4. The van der Waals surface area contributed by atoms with Crippen LogP contribution < -0.4 is 34.3 Å². The standard InChI is InChI=1S/C40H37N5O.C37H39N5O.C23H19N5O.C19H17N5O.4Pt/c1-26(2)33-23-31(29-14-7-6-8-15-29)24-34(27(3)4)39(33)44-25-43(35-18-9-10-19-36(35)44)32-17-13-16-30(22-32)40-41-28(5)45(42-40)37-20-11-12-21-38(37)46;1-23(2)28-20-30(24(3)4)36(31(21-28)25(5)6)41-22-40(32-15-8-9-16-33(32)41)29-14-12-13-27(19-29)37-38-26(7)42(39-37)34-17-10-11-18-35(34)43;1-16-24-23(25-28(16)21-12-5-6-13-22(21)29)17-8-7-9-18(14-17)27-15-26(2)19-10-3-4-11-20(19)27;1-14-20-19(21-24(14)17-8-3-4-9-18(17)25)15-6-5-7-16(12-15)23-11-10-22(2)13-23;;;;/h6-21,23-27,46H,1-5H3;8-18,20-25,43H,1-7H3;3-13,15,29H,1-2H3;3-11,13,25H,1-2H3;;;;/q4*-2;4*+2/i;;2D3;;;;;. The topological polar surface area (TPSA) is 230 Å². The largest absolute Gasteiger partial charge is 2.00 e. The van der Waals surface area contributed by atoms with E-state index in [-0.39, 0.29) is 107 Å². The van der Waals surface area contributed by atoms with E-state index in [1.165, 1.54) is 55.2 Å². The Morgan fingerprint density at radius 3 is 0.864 bits per heavy atom. The first kappa shape index (κ1) is 103. The summed E-state index contributed by atoms with van der Waals surface area (Å²) in [5.74, 6) is 7.21. The number of phenols is 4. The van der Waals surface area contributed by atoms with Crippen molar-refractivity contribution in [1.82, 2.24) is 64.0 Å². The summed E-state index contributed by atoms with van der Waals surface area (Å²) < 4.78 is 30.2. The SMILES string of the molecule is Cc1nc(-c2[c-]c(N3C=CN(C)[CH-]3)ccc2)nn1-c1ccccc1O.Cc1nc(-c2[c-]c(N3[CH-]N(c4c(C(C)C)cc(-c5ccccc5)cc4C(C)C)c4ccccc43)ccc2)nn1-c1ccccc1O.Cc1nc(-c2[c-]c(N3[CH-]N(c4c(C(C)C)cc(C(C)C)cc4C(C)C)c4ccccc43)ccc2)nn1-c1ccccc1O.[2H]C([2H])([2H])N1[CH-]N(c2[c-]c(-c3nc(C)n(-c4ccccc4O)n3)ccc2)c2ccccc21.[Pt+2].[Pt+2].[Pt+2].[Pt+2]. The van der Waals surface area contributed by atoms with E-state index in [2.05, 4.69) is 262 Å². The van der Waals surface area contributed by atoms with E-state index in [4.69, 9.17) is 24.3 Å². The van der Waals surface area contributed by atoms with Gasteiger partial charge in [-0.25, -0.2) is 18.7 Å². The fourth-order valence-corrected chi connectivity index (χ4v) is 18.1. The quantitative estimate of drug-likeness (QED) is 0.0520. The predicted octanol–water partition coefficient (Wildman–Crippen LogP) is 27.1. The Morgan fingerprint density at radius 2 is 0.558 bits per heavy atom. The maximum atomic E-state index is 10.4. The summed E-state index contributed by atoms with van der Waals surface area (Å²) in [7, 11) is 1.97. The van der Waals surface area contributed by atoms with Gasteiger partial charge >= 0.3 is 84.3 Å². The van der Waals surface area contributed by atoms with Crippen molar-refractivity contribution in [3.63, 3.8) is 0 Å². The molecule has 8 heterocycles. The Labute approximate surface area is 922 Å². The zero-order valence-corrected chi connectivity index (χ0v) is 92.7. The number of hydrogen-bond donors (Lipinski definition) is 4. The third kappa shape index (κ3) is 22.2. The van der Waals surface area contributed by atoms with Crippen molar-refractivity contribution in [2.45, 2.75) is 127 Å². The van der Waals surface area contributed by atoms with Crippen LogP contribution in [-0.4, -0.2) is 98.4 Å². The van der Waals surface area contributed by atoms with Crippen LogP contribution in [0.1, 0.15) is 154 Å². The van der Waals surface area contributed by atoms with Gasteiger partial charge in [0.1, 0.15) is 69.0 Å². The van der Waals surface area contributed by atoms with Crippen molar-refractivity contribution >= 4 is 68.2 Å². The monoisotopic (exact) mass is 2670 g/mol. The third-order valence-corrected chi connectivity index (χ3v) is 25.4. The first-order valence-corrected chi connectivity index (χ1v) is 47.9. The summed E-state index contributed by atoms with van der Waals surface area (Å²) in [6.45, 7) is 35.8. The Morgan fingerprint density at radius 1 is 0.279 bits per heavy atom. The van der Waals surface area contributed by atoms with Gasteiger partial charge in [0, 0.05) is 49.6 Å². The second-order valence-corrected chi connectivity index (χ2v) is 37.0. The second kappa shape index (κ2) is 46.2. The minimum Gasteiger partial charge on any atom is -0.510 e. The molecule has 0 saturated carbocycles. The maximum absolute atomic E-state index is 10.4. The van der Waals surface area contributed by atoms with Crippen LogP contribution in [0, 0.1) is 78.6 Å². The minimum atomic E-state index is -2.31. The molecule has 0 radical (unpaired) electrons. The number of anilines is 12. The third-order valence-electron chi connectivity index (χ3n) is 25.4. The molecule has 14 aromatic carbocycles. The fraction of sp³-hybridized carbons (Fsp3) is 0.176. The average Bonchev–Trinajstić information content (AvgIpc) is 1.58. The van der Waals surface area contributed by atoms with E-state index in [9.17, 15) is 20.4 Å². The molecule has 28 heteroatoms.